The molecule has 0 saturated carbocycles. The molecule has 0 saturated heterocycles. The summed E-state index contributed by atoms with van der Waals surface area (Å²) in [4.78, 5) is 0. The molecule has 9 heavy (non-hydrogen) atoms. The largest absolute Gasteiger partial charge is 0.353 e. The van der Waals surface area contributed by atoms with E-state index in [9.17, 15) is 0 Å². The van der Waals surface area contributed by atoms with Crippen molar-refractivity contribution >= 4 is 0 Å². The molecule has 0 fully saturated rings. The monoisotopic (exact) mass is 133 g/mol. The van der Waals surface area contributed by atoms with Gasteiger partial charge in [-0.1, -0.05) is 6.92 Å². The van der Waals surface area contributed by atoms with Crippen molar-refractivity contribution in [3.63, 3.8) is 0 Å². The van der Waals surface area contributed by atoms with Crippen LogP contribution in [0.25, 0.3) is 0 Å². The average molecular weight is 133 g/mol. The highest BCUT2D eigenvalue weighted by Gasteiger charge is 2.19. The van der Waals surface area contributed by atoms with Crippen LogP contribution < -0.4 is 5.32 Å². The Morgan fingerprint density at radius 2 is 1.89 bits per heavy atom. The Hall–Kier alpha value is -0.120. The fraction of sp³-hybridized carbons (Fsp3) is 1.00. The van der Waals surface area contributed by atoms with E-state index in [-0.39, 0.29) is 6.04 Å². The van der Waals surface area contributed by atoms with Crippen molar-refractivity contribution in [2.45, 2.75) is 39.1 Å². The topological polar surface area (TPSA) is 52.5 Å². The highest BCUT2D eigenvalue weighted by Crippen LogP contribution is 2.00. The first-order chi connectivity index (χ1) is 3.98. The summed E-state index contributed by atoms with van der Waals surface area (Å²) in [5.41, 5.74) is 0. The Morgan fingerprint density at radius 1 is 1.44 bits per heavy atom. The third kappa shape index (κ3) is 4.39. The zero-order valence-corrected chi connectivity index (χ0v) is 6.18. The van der Waals surface area contributed by atoms with Crippen molar-refractivity contribution in [1.82, 2.24) is 5.32 Å². The van der Waals surface area contributed by atoms with Crippen LogP contribution in [0.4, 0.5) is 0 Å². The van der Waals surface area contributed by atoms with Gasteiger partial charge in [-0.2, -0.15) is 0 Å². The molecule has 0 aromatic heterocycles. The zero-order chi connectivity index (χ0) is 7.49. The van der Waals surface area contributed by atoms with E-state index in [2.05, 4.69) is 5.32 Å². The standard InChI is InChI=1S/C6H15NO2/c1-4-6(8,9)7-5(2)3/h5,7-9H,4H2,1-3H3. The highest BCUT2D eigenvalue weighted by atomic mass is 16.5. The summed E-state index contributed by atoms with van der Waals surface area (Å²) in [6.07, 6.45) is 0.297. The Morgan fingerprint density at radius 3 is 2.00 bits per heavy atom. The van der Waals surface area contributed by atoms with Crippen LogP contribution in [-0.2, 0) is 0 Å². The van der Waals surface area contributed by atoms with E-state index < -0.39 is 5.91 Å². The molecule has 0 aliphatic heterocycles. The molecular formula is C6H15NO2. The van der Waals surface area contributed by atoms with E-state index in [4.69, 9.17) is 10.2 Å². The maximum atomic E-state index is 8.94. The van der Waals surface area contributed by atoms with Crippen molar-refractivity contribution in [1.29, 1.82) is 0 Å². The summed E-state index contributed by atoms with van der Waals surface area (Å²) in [5.74, 6) is -1.69. The quantitative estimate of drug-likeness (QED) is 0.476. The summed E-state index contributed by atoms with van der Waals surface area (Å²) < 4.78 is 0. The van der Waals surface area contributed by atoms with Gasteiger partial charge in [-0.3, -0.25) is 5.32 Å². The van der Waals surface area contributed by atoms with Crippen LogP contribution >= 0.6 is 0 Å². The van der Waals surface area contributed by atoms with Crippen molar-refractivity contribution in [3.05, 3.63) is 0 Å². The van der Waals surface area contributed by atoms with Crippen LogP contribution in [0.2, 0.25) is 0 Å². The Labute approximate surface area is 55.7 Å². The smallest absolute Gasteiger partial charge is 0.222 e. The fourth-order valence-electron chi connectivity index (χ4n) is 0.564. The van der Waals surface area contributed by atoms with Crippen LogP contribution in [0.5, 0.6) is 0 Å². The molecule has 0 atom stereocenters. The fourth-order valence-corrected chi connectivity index (χ4v) is 0.564. The van der Waals surface area contributed by atoms with Gasteiger partial charge >= 0.3 is 0 Å². The lowest BCUT2D eigenvalue weighted by molar-refractivity contribution is -0.191. The van der Waals surface area contributed by atoms with E-state index in [0.29, 0.717) is 6.42 Å². The van der Waals surface area contributed by atoms with Gasteiger partial charge in [-0.15, -0.1) is 0 Å². The predicted molar refractivity (Wildman–Crippen MR) is 35.7 cm³/mol. The summed E-state index contributed by atoms with van der Waals surface area (Å²) in [5, 5.41) is 20.5. The second kappa shape index (κ2) is 3.15. The van der Waals surface area contributed by atoms with Crippen LogP contribution in [0, 0.1) is 0 Å². The third-order valence-corrected chi connectivity index (χ3v) is 1.01. The normalized spacial score (nSPS) is 12.7. The van der Waals surface area contributed by atoms with Crippen LogP contribution in [-0.4, -0.2) is 22.2 Å². The summed E-state index contributed by atoms with van der Waals surface area (Å²) in [7, 11) is 0. The van der Waals surface area contributed by atoms with E-state index in [1.165, 1.54) is 0 Å². The molecule has 3 N–H and O–H groups in total. The number of hydrogen-bond donors (Lipinski definition) is 3. The lowest BCUT2D eigenvalue weighted by Gasteiger charge is -2.23. The lowest BCUT2D eigenvalue weighted by Crippen LogP contribution is -2.47. The number of hydrogen-bond acceptors (Lipinski definition) is 3. The lowest BCUT2D eigenvalue weighted by atomic mass is 10.3. The van der Waals surface area contributed by atoms with Gasteiger partial charge in [-0.05, 0) is 13.8 Å². The van der Waals surface area contributed by atoms with Gasteiger partial charge < -0.3 is 10.2 Å². The molecule has 0 unspecified atom stereocenters. The molecule has 3 heteroatoms. The minimum atomic E-state index is -1.69. The first-order valence-corrected chi connectivity index (χ1v) is 3.20. The van der Waals surface area contributed by atoms with Crippen molar-refractivity contribution < 1.29 is 10.2 Å². The first-order valence-electron chi connectivity index (χ1n) is 3.20. The van der Waals surface area contributed by atoms with E-state index in [1.807, 2.05) is 13.8 Å². The summed E-state index contributed by atoms with van der Waals surface area (Å²) in [6.45, 7) is 5.42. The number of aliphatic hydroxyl groups is 2. The van der Waals surface area contributed by atoms with Crippen molar-refractivity contribution in [2.75, 3.05) is 0 Å². The molecule has 0 bridgehead atoms. The molecule has 0 aliphatic rings. The Bertz CT molecular complexity index is 81.1. The van der Waals surface area contributed by atoms with Gasteiger partial charge in [0.2, 0.25) is 5.91 Å². The van der Waals surface area contributed by atoms with Crippen LogP contribution in [0.1, 0.15) is 27.2 Å². The van der Waals surface area contributed by atoms with Gasteiger partial charge in [0.1, 0.15) is 0 Å². The summed E-state index contributed by atoms with van der Waals surface area (Å²) >= 11 is 0. The second-order valence-corrected chi connectivity index (χ2v) is 2.47. The summed E-state index contributed by atoms with van der Waals surface area (Å²) in [6, 6.07) is 0.0972. The number of nitrogens with one attached hydrogen (secondary N) is 1. The minimum Gasteiger partial charge on any atom is -0.353 e. The zero-order valence-electron chi connectivity index (χ0n) is 6.18. The Balaban J connectivity index is 3.58. The molecular weight excluding hydrogens is 118 g/mol. The minimum absolute atomic E-state index is 0.0972. The van der Waals surface area contributed by atoms with Crippen molar-refractivity contribution in [3.8, 4) is 0 Å². The van der Waals surface area contributed by atoms with Gasteiger partial charge in [0, 0.05) is 12.5 Å². The van der Waals surface area contributed by atoms with Crippen LogP contribution in [0.3, 0.4) is 0 Å². The molecule has 0 radical (unpaired) electrons. The molecule has 3 nitrogen and oxygen atoms in total. The maximum Gasteiger partial charge on any atom is 0.222 e. The van der Waals surface area contributed by atoms with E-state index in [0.717, 1.165) is 0 Å². The van der Waals surface area contributed by atoms with Crippen LogP contribution in [0.15, 0.2) is 0 Å². The number of rotatable bonds is 3. The Kier molecular flexibility index (Phi) is 3.11. The molecule has 0 amide bonds. The maximum absolute atomic E-state index is 8.94. The van der Waals surface area contributed by atoms with E-state index in [1.54, 1.807) is 6.92 Å². The van der Waals surface area contributed by atoms with Crippen molar-refractivity contribution in [2.24, 2.45) is 0 Å². The predicted octanol–water partition coefficient (Wildman–Crippen LogP) is 0.0328. The molecule has 0 aromatic rings. The SMILES string of the molecule is CCC(O)(O)NC(C)C. The molecule has 0 aromatic carbocycles. The highest BCUT2D eigenvalue weighted by molar-refractivity contribution is 4.61. The molecule has 0 aliphatic carbocycles. The molecule has 0 heterocycles. The van der Waals surface area contributed by atoms with Gasteiger partial charge in [0.25, 0.3) is 0 Å². The van der Waals surface area contributed by atoms with E-state index >= 15 is 0 Å². The first kappa shape index (κ1) is 8.88. The van der Waals surface area contributed by atoms with Gasteiger partial charge in [0.15, 0.2) is 0 Å². The van der Waals surface area contributed by atoms with Gasteiger partial charge in [0.05, 0.1) is 0 Å². The second-order valence-electron chi connectivity index (χ2n) is 2.47. The molecule has 56 valence electrons. The third-order valence-electron chi connectivity index (χ3n) is 1.01. The molecule has 0 spiro atoms. The van der Waals surface area contributed by atoms with Gasteiger partial charge in [-0.25, -0.2) is 0 Å². The molecule has 0 rings (SSSR count). The average Bonchev–Trinajstić information content (AvgIpc) is 1.63.